The highest BCUT2D eigenvalue weighted by Gasteiger charge is 2.38. The Balaban J connectivity index is 1.78. The number of nitrogens with one attached hydrogen (secondary N) is 1. The highest BCUT2D eigenvalue weighted by molar-refractivity contribution is 5.45. The van der Waals surface area contributed by atoms with Crippen molar-refractivity contribution in [1.29, 1.82) is 0 Å². The SMILES string of the molecule is Cc1c(C(C)(C)C)cc(CCc2ccc(C3CC(C)(C)NC(C)(C)C3)cc2)cc1C(C)(C)C. The zero-order chi connectivity index (χ0) is 24.8. The van der Waals surface area contributed by atoms with E-state index in [1.807, 2.05) is 0 Å². The second-order valence-electron chi connectivity index (χ2n) is 14.1. The molecule has 1 aliphatic rings. The predicted octanol–water partition coefficient (Wildman–Crippen LogP) is 8.40. The van der Waals surface area contributed by atoms with Crippen LogP contribution in [0, 0.1) is 6.92 Å². The van der Waals surface area contributed by atoms with Gasteiger partial charge < -0.3 is 5.32 Å². The van der Waals surface area contributed by atoms with E-state index >= 15 is 0 Å². The fraction of sp³-hybridized carbons (Fsp3) is 0.625. The summed E-state index contributed by atoms with van der Waals surface area (Å²) in [4.78, 5) is 0. The molecule has 2 aromatic carbocycles. The molecule has 1 aliphatic heterocycles. The number of benzene rings is 2. The second kappa shape index (κ2) is 8.88. The molecule has 3 rings (SSSR count). The van der Waals surface area contributed by atoms with Gasteiger partial charge in [0.1, 0.15) is 0 Å². The van der Waals surface area contributed by atoms with Gasteiger partial charge in [-0.2, -0.15) is 0 Å². The van der Waals surface area contributed by atoms with Crippen molar-refractivity contribution in [2.24, 2.45) is 0 Å². The molecule has 0 amide bonds. The molecule has 1 heterocycles. The number of piperidine rings is 1. The Morgan fingerprint density at radius 2 is 1.15 bits per heavy atom. The van der Waals surface area contributed by atoms with Crippen molar-refractivity contribution in [2.75, 3.05) is 0 Å². The zero-order valence-electron chi connectivity index (χ0n) is 23.4. The van der Waals surface area contributed by atoms with Crippen molar-refractivity contribution in [3.8, 4) is 0 Å². The van der Waals surface area contributed by atoms with Crippen LogP contribution in [0.25, 0.3) is 0 Å². The molecule has 0 spiro atoms. The van der Waals surface area contributed by atoms with Crippen LogP contribution >= 0.6 is 0 Å². The molecule has 1 nitrogen and oxygen atoms in total. The number of rotatable bonds is 4. The van der Waals surface area contributed by atoms with Gasteiger partial charge in [0, 0.05) is 11.1 Å². The van der Waals surface area contributed by atoms with Crippen LogP contribution in [0.1, 0.15) is 121 Å². The quantitative estimate of drug-likeness (QED) is 0.496. The van der Waals surface area contributed by atoms with E-state index < -0.39 is 0 Å². The standard InChI is InChI=1S/C32H49N/c1-22-27(29(2,3)4)18-24(19-28(22)30(5,6)7)13-12-23-14-16-25(17-15-23)26-20-31(8,9)33-32(10,11)21-26/h14-19,26,33H,12-13,20-21H2,1-11H3. The molecular formula is C32H49N. The fourth-order valence-electron chi connectivity index (χ4n) is 6.28. The smallest absolute Gasteiger partial charge is 0.0135 e. The lowest BCUT2D eigenvalue weighted by atomic mass is 9.73. The molecule has 0 bridgehead atoms. The van der Waals surface area contributed by atoms with Crippen LogP contribution in [0.3, 0.4) is 0 Å². The Bertz CT molecular complexity index is 910. The minimum absolute atomic E-state index is 0.165. The molecule has 2 aromatic rings. The second-order valence-corrected chi connectivity index (χ2v) is 14.1. The topological polar surface area (TPSA) is 12.0 Å². The number of hydrogen-bond donors (Lipinski definition) is 1. The lowest BCUT2D eigenvalue weighted by molar-refractivity contribution is 0.162. The maximum Gasteiger partial charge on any atom is 0.0135 e. The van der Waals surface area contributed by atoms with Crippen LogP contribution in [-0.2, 0) is 23.7 Å². The molecular weight excluding hydrogens is 398 g/mol. The van der Waals surface area contributed by atoms with E-state index in [9.17, 15) is 0 Å². The van der Waals surface area contributed by atoms with Gasteiger partial charge in [0.2, 0.25) is 0 Å². The van der Waals surface area contributed by atoms with Crippen LogP contribution in [0.4, 0.5) is 0 Å². The first-order valence-corrected chi connectivity index (χ1v) is 13.0. The summed E-state index contributed by atoms with van der Waals surface area (Å²) in [7, 11) is 0. The van der Waals surface area contributed by atoms with Gasteiger partial charge in [0.05, 0.1) is 0 Å². The third kappa shape index (κ3) is 6.50. The van der Waals surface area contributed by atoms with Gasteiger partial charge in [-0.3, -0.25) is 0 Å². The molecule has 0 aliphatic carbocycles. The van der Waals surface area contributed by atoms with E-state index in [0.717, 1.165) is 12.8 Å². The summed E-state index contributed by atoms with van der Waals surface area (Å²) in [6, 6.07) is 14.5. The van der Waals surface area contributed by atoms with E-state index in [4.69, 9.17) is 0 Å². The van der Waals surface area contributed by atoms with E-state index in [1.165, 1.54) is 46.2 Å². The Hall–Kier alpha value is -1.60. The molecule has 1 heteroatoms. The minimum Gasteiger partial charge on any atom is -0.307 e. The summed E-state index contributed by atoms with van der Waals surface area (Å²) in [5.74, 6) is 0.631. The molecule has 0 aromatic heterocycles. The maximum atomic E-state index is 3.82. The Morgan fingerprint density at radius 3 is 1.58 bits per heavy atom. The average molecular weight is 448 g/mol. The first kappa shape index (κ1) is 26.0. The molecule has 182 valence electrons. The first-order chi connectivity index (χ1) is 15.0. The maximum absolute atomic E-state index is 3.82. The summed E-state index contributed by atoms with van der Waals surface area (Å²) in [5, 5.41) is 3.82. The third-order valence-corrected chi connectivity index (χ3v) is 7.43. The predicted molar refractivity (Wildman–Crippen MR) is 146 cm³/mol. The molecule has 0 unspecified atom stereocenters. The van der Waals surface area contributed by atoms with Gasteiger partial charge in [-0.25, -0.2) is 0 Å². The molecule has 0 atom stereocenters. The Labute approximate surface area is 204 Å². The van der Waals surface area contributed by atoms with E-state index in [0.29, 0.717) is 5.92 Å². The average Bonchev–Trinajstić information content (AvgIpc) is 2.63. The highest BCUT2D eigenvalue weighted by Crippen LogP contribution is 2.39. The van der Waals surface area contributed by atoms with Crippen molar-refractivity contribution < 1.29 is 0 Å². The molecule has 0 radical (unpaired) electrons. The molecule has 1 fully saturated rings. The summed E-state index contributed by atoms with van der Waals surface area (Å²) >= 11 is 0. The summed E-state index contributed by atoms with van der Waals surface area (Å²) < 4.78 is 0. The van der Waals surface area contributed by atoms with Gasteiger partial charge in [0.25, 0.3) is 0 Å². The molecule has 33 heavy (non-hydrogen) atoms. The van der Waals surface area contributed by atoms with Crippen LogP contribution in [-0.4, -0.2) is 11.1 Å². The van der Waals surface area contributed by atoms with Crippen LogP contribution in [0.2, 0.25) is 0 Å². The summed E-state index contributed by atoms with van der Waals surface area (Å²) in [6.07, 6.45) is 4.59. The summed E-state index contributed by atoms with van der Waals surface area (Å²) in [6.45, 7) is 25.7. The van der Waals surface area contributed by atoms with Crippen molar-refractivity contribution in [2.45, 2.75) is 130 Å². The molecule has 1 saturated heterocycles. The van der Waals surface area contributed by atoms with Gasteiger partial charge >= 0.3 is 0 Å². The van der Waals surface area contributed by atoms with Gasteiger partial charge in [-0.05, 0) is 110 Å². The van der Waals surface area contributed by atoms with Crippen LogP contribution in [0.5, 0.6) is 0 Å². The van der Waals surface area contributed by atoms with Gasteiger partial charge in [0.15, 0.2) is 0 Å². The van der Waals surface area contributed by atoms with Gasteiger partial charge in [-0.15, -0.1) is 0 Å². The number of hydrogen-bond acceptors (Lipinski definition) is 1. The highest BCUT2D eigenvalue weighted by atomic mass is 15.0. The van der Waals surface area contributed by atoms with Gasteiger partial charge in [-0.1, -0.05) is 77.9 Å². The summed E-state index contributed by atoms with van der Waals surface area (Å²) in [5.41, 5.74) is 9.59. The van der Waals surface area contributed by atoms with Crippen molar-refractivity contribution in [1.82, 2.24) is 5.32 Å². The number of aryl methyl sites for hydroxylation is 2. The zero-order valence-corrected chi connectivity index (χ0v) is 23.4. The fourth-order valence-corrected chi connectivity index (χ4v) is 6.28. The third-order valence-electron chi connectivity index (χ3n) is 7.43. The normalized spacial score (nSPS) is 19.0. The lowest BCUT2D eigenvalue weighted by Crippen LogP contribution is -2.57. The first-order valence-electron chi connectivity index (χ1n) is 13.0. The monoisotopic (exact) mass is 447 g/mol. The van der Waals surface area contributed by atoms with E-state index in [1.54, 1.807) is 0 Å². The van der Waals surface area contributed by atoms with Crippen molar-refractivity contribution in [3.05, 3.63) is 69.8 Å². The Kier molecular flexibility index (Phi) is 7.00. The minimum atomic E-state index is 0.165. The van der Waals surface area contributed by atoms with Crippen molar-refractivity contribution >= 4 is 0 Å². The van der Waals surface area contributed by atoms with Crippen LogP contribution in [0.15, 0.2) is 36.4 Å². The Morgan fingerprint density at radius 1 is 0.727 bits per heavy atom. The van der Waals surface area contributed by atoms with E-state index in [2.05, 4.69) is 118 Å². The molecule has 0 saturated carbocycles. The van der Waals surface area contributed by atoms with Crippen LogP contribution < -0.4 is 5.32 Å². The van der Waals surface area contributed by atoms with Crippen molar-refractivity contribution in [3.63, 3.8) is 0 Å². The molecule has 1 N–H and O–H groups in total. The largest absolute Gasteiger partial charge is 0.307 e. The lowest BCUT2D eigenvalue weighted by Gasteiger charge is -2.46. The van der Waals surface area contributed by atoms with E-state index in [-0.39, 0.29) is 21.9 Å².